The van der Waals surface area contributed by atoms with E-state index in [1.807, 2.05) is 0 Å². The molecule has 2 rings (SSSR count). The molecule has 7 heteroatoms. The van der Waals surface area contributed by atoms with Crippen LogP contribution in [0.2, 0.25) is 0 Å². The third-order valence-corrected chi connectivity index (χ3v) is 5.48. The van der Waals surface area contributed by atoms with E-state index >= 15 is 0 Å². The highest BCUT2D eigenvalue weighted by atomic mass is 79.9. The summed E-state index contributed by atoms with van der Waals surface area (Å²) in [4.78, 5) is 0.171. The lowest BCUT2D eigenvalue weighted by molar-refractivity contribution is 0.355. The smallest absolute Gasteiger partial charge is 0.263 e. The number of anilines is 1. The Hall–Kier alpha value is -1.73. The first-order valence-electron chi connectivity index (χ1n) is 6.39. The number of hydrogen-bond donors (Lipinski definition) is 1. The van der Waals surface area contributed by atoms with Crippen LogP contribution in [-0.4, -0.2) is 22.6 Å². The summed E-state index contributed by atoms with van der Waals surface area (Å²) in [5.41, 5.74) is 1.17. The number of aryl methyl sites for hydroxylation is 1. The number of sulfonamides is 1. The summed E-state index contributed by atoms with van der Waals surface area (Å²) in [6.45, 7) is 1.79. The molecule has 0 aliphatic rings. The van der Waals surface area contributed by atoms with Crippen LogP contribution in [0.5, 0.6) is 11.5 Å². The molecule has 0 aromatic heterocycles. The molecule has 0 unspecified atom stereocenters. The number of hydrogen-bond acceptors (Lipinski definition) is 4. The molecule has 0 amide bonds. The Morgan fingerprint density at radius 3 is 2.23 bits per heavy atom. The van der Waals surface area contributed by atoms with Gasteiger partial charge < -0.3 is 9.47 Å². The number of nitrogens with one attached hydrogen (secondary N) is 1. The minimum atomic E-state index is -3.70. The van der Waals surface area contributed by atoms with Crippen molar-refractivity contribution in [2.75, 3.05) is 18.9 Å². The molecule has 2 aromatic rings. The van der Waals surface area contributed by atoms with Gasteiger partial charge in [-0.3, -0.25) is 4.72 Å². The fraction of sp³-hybridized carbons (Fsp3) is 0.200. The normalized spacial score (nSPS) is 11.1. The minimum Gasteiger partial charge on any atom is -0.493 e. The zero-order valence-electron chi connectivity index (χ0n) is 12.4. The van der Waals surface area contributed by atoms with Gasteiger partial charge in [-0.05, 0) is 46.6 Å². The molecule has 0 spiro atoms. The molecule has 0 aliphatic heterocycles. The average Bonchev–Trinajstić information content (AvgIpc) is 2.48. The summed E-state index contributed by atoms with van der Waals surface area (Å²) >= 11 is 3.25. The predicted octanol–water partition coefficient (Wildman–Crippen LogP) is 3.58. The van der Waals surface area contributed by atoms with Gasteiger partial charge in [0.1, 0.15) is 4.90 Å². The maximum Gasteiger partial charge on any atom is 0.263 e. The first-order valence-corrected chi connectivity index (χ1v) is 8.66. The molecule has 1 N–H and O–H groups in total. The van der Waals surface area contributed by atoms with Crippen molar-refractivity contribution >= 4 is 31.6 Å². The average molecular weight is 386 g/mol. The van der Waals surface area contributed by atoms with Gasteiger partial charge in [-0.2, -0.15) is 0 Å². The Bertz CT molecular complexity index is 790. The SMILES string of the molecule is COc1cc(C)c(NS(=O)(=O)c2ccccc2Br)cc1OC. The number of halogens is 1. The van der Waals surface area contributed by atoms with Gasteiger partial charge in [-0.15, -0.1) is 0 Å². The lowest BCUT2D eigenvalue weighted by atomic mass is 10.2. The van der Waals surface area contributed by atoms with Crippen LogP contribution in [0.15, 0.2) is 45.8 Å². The van der Waals surface area contributed by atoms with Crippen LogP contribution in [0.25, 0.3) is 0 Å². The number of benzene rings is 2. The molecule has 0 bridgehead atoms. The van der Waals surface area contributed by atoms with Crippen LogP contribution in [0.3, 0.4) is 0 Å². The third-order valence-electron chi connectivity index (χ3n) is 3.10. The van der Waals surface area contributed by atoms with Crippen molar-refractivity contribution in [1.29, 1.82) is 0 Å². The number of rotatable bonds is 5. The second-order valence-electron chi connectivity index (χ2n) is 4.56. The Morgan fingerprint density at radius 1 is 1.05 bits per heavy atom. The zero-order valence-corrected chi connectivity index (χ0v) is 14.8. The highest BCUT2D eigenvalue weighted by Gasteiger charge is 2.19. The molecule has 0 radical (unpaired) electrons. The highest BCUT2D eigenvalue weighted by molar-refractivity contribution is 9.10. The van der Waals surface area contributed by atoms with Crippen molar-refractivity contribution in [2.24, 2.45) is 0 Å². The zero-order chi connectivity index (χ0) is 16.3. The van der Waals surface area contributed by atoms with E-state index in [1.165, 1.54) is 20.3 Å². The monoisotopic (exact) mass is 385 g/mol. The number of ether oxygens (including phenoxy) is 2. The van der Waals surface area contributed by atoms with Gasteiger partial charge in [0.05, 0.1) is 19.9 Å². The maximum absolute atomic E-state index is 12.5. The van der Waals surface area contributed by atoms with Gasteiger partial charge in [-0.1, -0.05) is 12.1 Å². The largest absolute Gasteiger partial charge is 0.493 e. The van der Waals surface area contributed by atoms with E-state index in [-0.39, 0.29) is 4.90 Å². The summed E-state index contributed by atoms with van der Waals surface area (Å²) in [7, 11) is -0.675. The third kappa shape index (κ3) is 3.36. The summed E-state index contributed by atoms with van der Waals surface area (Å²) in [5.74, 6) is 1.00. The second-order valence-corrected chi connectivity index (χ2v) is 7.06. The minimum absolute atomic E-state index is 0.171. The molecule has 0 atom stereocenters. The molecule has 22 heavy (non-hydrogen) atoms. The van der Waals surface area contributed by atoms with E-state index in [9.17, 15) is 8.42 Å². The van der Waals surface area contributed by atoms with Crippen LogP contribution < -0.4 is 14.2 Å². The van der Waals surface area contributed by atoms with Crippen molar-refractivity contribution in [3.8, 4) is 11.5 Å². The summed E-state index contributed by atoms with van der Waals surface area (Å²) in [5, 5.41) is 0. The van der Waals surface area contributed by atoms with Gasteiger partial charge >= 0.3 is 0 Å². The van der Waals surface area contributed by atoms with Crippen molar-refractivity contribution in [1.82, 2.24) is 0 Å². The van der Waals surface area contributed by atoms with Crippen molar-refractivity contribution in [2.45, 2.75) is 11.8 Å². The van der Waals surface area contributed by atoms with E-state index in [1.54, 1.807) is 37.3 Å². The molecular weight excluding hydrogens is 370 g/mol. The van der Waals surface area contributed by atoms with Crippen molar-refractivity contribution in [3.63, 3.8) is 0 Å². The van der Waals surface area contributed by atoms with Crippen LogP contribution in [0, 0.1) is 6.92 Å². The Balaban J connectivity index is 2.44. The first-order chi connectivity index (χ1) is 10.4. The fourth-order valence-corrected chi connectivity index (χ4v) is 4.08. The summed E-state index contributed by atoms with van der Waals surface area (Å²) in [6.07, 6.45) is 0. The van der Waals surface area contributed by atoms with E-state index in [2.05, 4.69) is 20.7 Å². The van der Waals surface area contributed by atoms with Crippen LogP contribution >= 0.6 is 15.9 Å². The van der Waals surface area contributed by atoms with E-state index < -0.39 is 10.0 Å². The van der Waals surface area contributed by atoms with Crippen LogP contribution in [-0.2, 0) is 10.0 Å². The molecule has 2 aromatic carbocycles. The van der Waals surface area contributed by atoms with E-state index in [4.69, 9.17) is 9.47 Å². The maximum atomic E-state index is 12.5. The predicted molar refractivity (Wildman–Crippen MR) is 89.2 cm³/mol. The Labute approximate surface area is 138 Å². The molecule has 0 heterocycles. The summed E-state index contributed by atoms with van der Waals surface area (Å²) in [6, 6.07) is 9.95. The van der Waals surface area contributed by atoms with Gasteiger partial charge in [-0.25, -0.2) is 8.42 Å². The fourth-order valence-electron chi connectivity index (χ4n) is 1.95. The summed E-state index contributed by atoms with van der Waals surface area (Å²) < 4.78 is 38.5. The Kier molecular flexibility index (Phi) is 4.97. The van der Waals surface area contributed by atoms with E-state index in [0.29, 0.717) is 21.7 Å². The van der Waals surface area contributed by atoms with Gasteiger partial charge in [0.15, 0.2) is 11.5 Å². The molecular formula is C15H16BrNO4S. The molecule has 0 saturated heterocycles. The van der Waals surface area contributed by atoms with Crippen molar-refractivity contribution in [3.05, 3.63) is 46.4 Å². The van der Waals surface area contributed by atoms with E-state index in [0.717, 1.165) is 5.56 Å². The van der Waals surface area contributed by atoms with Gasteiger partial charge in [0.25, 0.3) is 10.0 Å². The quantitative estimate of drug-likeness (QED) is 0.853. The molecule has 118 valence electrons. The topological polar surface area (TPSA) is 64.6 Å². The Morgan fingerprint density at radius 2 is 1.64 bits per heavy atom. The first kappa shape index (κ1) is 16.6. The lowest BCUT2D eigenvalue weighted by Gasteiger charge is -2.15. The molecule has 5 nitrogen and oxygen atoms in total. The van der Waals surface area contributed by atoms with Gasteiger partial charge in [0, 0.05) is 10.5 Å². The second kappa shape index (κ2) is 6.58. The standard InChI is InChI=1S/C15H16BrNO4S/c1-10-8-13(20-2)14(21-3)9-12(10)17-22(18,19)15-7-5-4-6-11(15)16/h4-9,17H,1-3H3. The molecule has 0 fully saturated rings. The number of methoxy groups -OCH3 is 2. The van der Waals surface area contributed by atoms with Gasteiger partial charge in [0.2, 0.25) is 0 Å². The van der Waals surface area contributed by atoms with Crippen LogP contribution in [0.1, 0.15) is 5.56 Å². The van der Waals surface area contributed by atoms with Crippen LogP contribution in [0.4, 0.5) is 5.69 Å². The highest BCUT2D eigenvalue weighted by Crippen LogP contribution is 2.34. The lowest BCUT2D eigenvalue weighted by Crippen LogP contribution is -2.14. The molecule has 0 aliphatic carbocycles. The molecule has 0 saturated carbocycles. The van der Waals surface area contributed by atoms with Crippen molar-refractivity contribution < 1.29 is 17.9 Å².